The molecule has 0 radical (unpaired) electrons. The summed E-state index contributed by atoms with van der Waals surface area (Å²) < 4.78 is 13.8. The van der Waals surface area contributed by atoms with E-state index in [1.807, 2.05) is 19.1 Å². The fourth-order valence-electron chi connectivity index (χ4n) is 3.69. The van der Waals surface area contributed by atoms with Gasteiger partial charge in [-0.3, -0.25) is 4.90 Å². The van der Waals surface area contributed by atoms with Crippen molar-refractivity contribution in [2.45, 2.75) is 45.2 Å². The minimum Gasteiger partial charge on any atom is -0.314 e. The second-order valence-corrected chi connectivity index (χ2v) is 6.41. The fraction of sp³-hybridized carbons (Fsp3) is 0.647. The Morgan fingerprint density at radius 1 is 1.25 bits per heavy atom. The Labute approximate surface area is 121 Å². The molecule has 3 heteroatoms. The van der Waals surface area contributed by atoms with Crippen LogP contribution in [0.25, 0.3) is 0 Å². The van der Waals surface area contributed by atoms with Gasteiger partial charge >= 0.3 is 0 Å². The van der Waals surface area contributed by atoms with Crippen LogP contribution in [-0.4, -0.2) is 30.6 Å². The average molecular weight is 276 g/mol. The molecule has 2 aliphatic heterocycles. The van der Waals surface area contributed by atoms with Crippen molar-refractivity contribution in [3.63, 3.8) is 0 Å². The molecular weight excluding hydrogens is 251 g/mol. The topological polar surface area (TPSA) is 15.3 Å². The van der Waals surface area contributed by atoms with Crippen molar-refractivity contribution in [2.24, 2.45) is 5.92 Å². The summed E-state index contributed by atoms with van der Waals surface area (Å²) in [7, 11) is 0. The first-order valence-electron chi connectivity index (χ1n) is 7.93. The van der Waals surface area contributed by atoms with Gasteiger partial charge in [-0.2, -0.15) is 0 Å². The lowest BCUT2D eigenvalue weighted by atomic mass is 9.88. The zero-order valence-corrected chi connectivity index (χ0v) is 12.4. The highest BCUT2D eigenvalue weighted by Gasteiger charge is 2.28. The fourth-order valence-corrected chi connectivity index (χ4v) is 3.69. The van der Waals surface area contributed by atoms with E-state index in [0.29, 0.717) is 0 Å². The summed E-state index contributed by atoms with van der Waals surface area (Å²) in [5.74, 6) is 0.770. The molecule has 0 aromatic heterocycles. The van der Waals surface area contributed by atoms with Gasteiger partial charge in [0.2, 0.25) is 0 Å². The van der Waals surface area contributed by atoms with Gasteiger partial charge in [0.1, 0.15) is 5.82 Å². The summed E-state index contributed by atoms with van der Waals surface area (Å²) in [6, 6.07) is 6.17. The minimum atomic E-state index is -0.0600. The van der Waals surface area contributed by atoms with Crippen molar-refractivity contribution >= 4 is 0 Å². The molecule has 20 heavy (non-hydrogen) atoms. The molecule has 1 atom stereocenters. The van der Waals surface area contributed by atoms with E-state index in [2.05, 4.69) is 10.2 Å². The summed E-state index contributed by atoms with van der Waals surface area (Å²) in [4.78, 5) is 2.41. The molecule has 0 aliphatic carbocycles. The van der Waals surface area contributed by atoms with Gasteiger partial charge in [-0.15, -0.1) is 0 Å². The highest BCUT2D eigenvalue weighted by Crippen LogP contribution is 2.26. The largest absolute Gasteiger partial charge is 0.314 e. The van der Waals surface area contributed by atoms with Crippen molar-refractivity contribution < 1.29 is 4.39 Å². The lowest BCUT2D eigenvalue weighted by Crippen LogP contribution is -2.40. The molecule has 0 spiro atoms. The lowest BCUT2D eigenvalue weighted by molar-refractivity contribution is 0.156. The van der Waals surface area contributed by atoms with Crippen molar-refractivity contribution in [3.8, 4) is 0 Å². The number of hydrogen-bond donors (Lipinski definition) is 1. The highest BCUT2D eigenvalue weighted by atomic mass is 19.1. The number of benzene rings is 1. The third kappa shape index (κ3) is 3.21. The van der Waals surface area contributed by atoms with Crippen LogP contribution in [0.3, 0.4) is 0 Å². The molecule has 1 unspecified atom stereocenters. The quantitative estimate of drug-likeness (QED) is 0.912. The molecule has 2 nitrogen and oxygen atoms in total. The van der Waals surface area contributed by atoms with Crippen LogP contribution >= 0.6 is 0 Å². The Morgan fingerprint density at radius 2 is 2.05 bits per heavy atom. The number of hydrogen-bond acceptors (Lipinski definition) is 2. The first kappa shape index (κ1) is 14.0. The SMILES string of the molecule is Cc1ccc(F)c(CN2CCC(C3CCCN3)CC2)c1. The van der Waals surface area contributed by atoms with Crippen LogP contribution in [0.1, 0.15) is 36.8 Å². The summed E-state index contributed by atoms with van der Waals surface area (Å²) in [5, 5.41) is 3.63. The number of halogens is 1. The standard InChI is InChI=1S/C17H25FN2/c1-13-4-5-16(18)15(11-13)12-20-9-6-14(7-10-20)17-3-2-8-19-17/h4-5,11,14,17,19H,2-3,6-10,12H2,1H3. The zero-order valence-electron chi connectivity index (χ0n) is 12.4. The molecule has 110 valence electrons. The average Bonchev–Trinajstić information content (AvgIpc) is 2.98. The van der Waals surface area contributed by atoms with Gasteiger partial charge < -0.3 is 5.32 Å². The molecule has 2 fully saturated rings. The second-order valence-electron chi connectivity index (χ2n) is 6.41. The Balaban J connectivity index is 1.54. The molecule has 3 rings (SSSR count). The van der Waals surface area contributed by atoms with Crippen LogP contribution in [0.4, 0.5) is 4.39 Å². The monoisotopic (exact) mass is 276 g/mol. The van der Waals surface area contributed by atoms with Gasteiger partial charge in [-0.25, -0.2) is 4.39 Å². The molecule has 0 saturated carbocycles. The molecule has 2 heterocycles. The first-order valence-corrected chi connectivity index (χ1v) is 7.93. The molecule has 0 bridgehead atoms. The van der Waals surface area contributed by atoms with Crippen molar-refractivity contribution in [2.75, 3.05) is 19.6 Å². The van der Waals surface area contributed by atoms with Crippen molar-refractivity contribution in [1.29, 1.82) is 0 Å². The van der Waals surface area contributed by atoms with E-state index in [-0.39, 0.29) is 5.82 Å². The predicted octanol–water partition coefficient (Wildman–Crippen LogP) is 3.10. The summed E-state index contributed by atoms with van der Waals surface area (Å²) >= 11 is 0. The Morgan fingerprint density at radius 3 is 2.75 bits per heavy atom. The van der Waals surface area contributed by atoms with Crippen molar-refractivity contribution in [3.05, 3.63) is 35.1 Å². The Bertz CT molecular complexity index is 446. The number of nitrogens with zero attached hydrogens (tertiary/aromatic N) is 1. The summed E-state index contributed by atoms with van der Waals surface area (Å²) in [5.41, 5.74) is 1.99. The van der Waals surface area contributed by atoms with Crippen LogP contribution in [0.5, 0.6) is 0 Å². The molecule has 0 amide bonds. The summed E-state index contributed by atoms with van der Waals surface area (Å²) in [6.45, 7) is 6.20. The third-order valence-corrected chi connectivity index (χ3v) is 4.89. The van der Waals surface area contributed by atoms with Crippen LogP contribution in [0.2, 0.25) is 0 Å². The molecule has 2 saturated heterocycles. The number of piperidine rings is 1. The van der Waals surface area contributed by atoms with Gasteiger partial charge in [0, 0.05) is 18.2 Å². The van der Waals surface area contributed by atoms with Crippen LogP contribution in [0.15, 0.2) is 18.2 Å². The van der Waals surface area contributed by atoms with Crippen molar-refractivity contribution in [1.82, 2.24) is 10.2 Å². The van der Waals surface area contributed by atoms with Crippen LogP contribution in [-0.2, 0) is 6.54 Å². The number of rotatable bonds is 3. The Kier molecular flexibility index (Phi) is 4.37. The van der Waals surface area contributed by atoms with Gasteiger partial charge in [0.25, 0.3) is 0 Å². The maximum atomic E-state index is 13.8. The zero-order chi connectivity index (χ0) is 13.9. The number of likely N-dealkylation sites (tertiary alicyclic amines) is 1. The van der Waals surface area contributed by atoms with E-state index < -0.39 is 0 Å². The molecule has 1 N–H and O–H groups in total. The van der Waals surface area contributed by atoms with Crippen LogP contribution < -0.4 is 5.32 Å². The predicted molar refractivity (Wildman–Crippen MR) is 80.2 cm³/mol. The van der Waals surface area contributed by atoms with E-state index in [9.17, 15) is 4.39 Å². The van der Waals surface area contributed by atoms with Gasteiger partial charge in [0.15, 0.2) is 0 Å². The van der Waals surface area contributed by atoms with E-state index in [1.165, 1.54) is 32.2 Å². The number of nitrogens with one attached hydrogen (secondary N) is 1. The first-order chi connectivity index (χ1) is 9.72. The molecular formula is C17H25FN2. The van der Waals surface area contributed by atoms with E-state index in [0.717, 1.165) is 42.7 Å². The molecule has 2 aliphatic rings. The van der Waals surface area contributed by atoms with Gasteiger partial charge in [0.05, 0.1) is 0 Å². The Hall–Kier alpha value is -0.930. The van der Waals surface area contributed by atoms with Gasteiger partial charge in [-0.05, 0) is 64.2 Å². The maximum absolute atomic E-state index is 13.8. The molecule has 1 aromatic rings. The third-order valence-electron chi connectivity index (χ3n) is 4.89. The molecule has 1 aromatic carbocycles. The smallest absolute Gasteiger partial charge is 0.127 e. The highest BCUT2D eigenvalue weighted by molar-refractivity contribution is 5.24. The van der Waals surface area contributed by atoms with Gasteiger partial charge in [-0.1, -0.05) is 17.7 Å². The van der Waals surface area contributed by atoms with E-state index in [1.54, 1.807) is 6.07 Å². The second kappa shape index (κ2) is 6.23. The minimum absolute atomic E-state index is 0.0600. The lowest BCUT2D eigenvalue weighted by Gasteiger charge is -2.35. The summed E-state index contributed by atoms with van der Waals surface area (Å²) in [6.07, 6.45) is 5.19. The van der Waals surface area contributed by atoms with Crippen LogP contribution in [0, 0.1) is 18.7 Å². The normalized spacial score (nSPS) is 25.2. The number of aryl methyl sites for hydroxylation is 1. The van der Waals surface area contributed by atoms with E-state index in [4.69, 9.17) is 0 Å². The van der Waals surface area contributed by atoms with E-state index >= 15 is 0 Å². The maximum Gasteiger partial charge on any atom is 0.127 e.